The summed E-state index contributed by atoms with van der Waals surface area (Å²) in [4.78, 5) is 4.29. The van der Waals surface area contributed by atoms with Crippen LogP contribution >= 0.6 is 11.8 Å². The highest BCUT2D eigenvalue weighted by molar-refractivity contribution is 7.99. The molecule has 0 aromatic carbocycles. The van der Waals surface area contributed by atoms with Crippen LogP contribution in [0.1, 0.15) is 26.0 Å². The fourth-order valence-electron chi connectivity index (χ4n) is 0.991. The van der Waals surface area contributed by atoms with Gasteiger partial charge in [-0.15, -0.1) is 11.8 Å². The highest BCUT2D eigenvalue weighted by atomic mass is 32.2. The van der Waals surface area contributed by atoms with Gasteiger partial charge in [-0.2, -0.15) is 0 Å². The maximum atomic E-state index is 7.29. The van der Waals surface area contributed by atoms with E-state index in [0.717, 1.165) is 10.8 Å². The molecule has 1 aromatic rings. The molecule has 1 atom stereocenters. The Kier molecular flexibility index (Phi) is 4.62. The molecule has 0 bridgehead atoms. The summed E-state index contributed by atoms with van der Waals surface area (Å²) in [5, 5.41) is 8.24. The van der Waals surface area contributed by atoms with E-state index in [9.17, 15) is 0 Å². The normalized spacial score (nSPS) is 12.4. The minimum Gasteiger partial charge on any atom is -0.382 e. The largest absolute Gasteiger partial charge is 0.382 e. The third-order valence-electron chi connectivity index (χ3n) is 2.21. The first-order valence-corrected chi connectivity index (χ1v) is 6.06. The second-order valence-electron chi connectivity index (χ2n) is 3.60. The Labute approximate surface area is 95.0 Å². The van der Waals surface area contributed by atoms with Crippen LogP contribution < -0.4 is 5.73 Å². The molecule has 3 N–H and O–H groups in total. The maximum absolute atomic E-state index is 7.29. The lowest BCUT2D eigenvalue weighted by atomic mass is 10.2. The number of nitrogens with two attached hydrogens (primary N) is 1. The van der Waals surface area contributed by atoms with Crippen molar-refractivity contribution in [3.8, 4) is 0 Å². The van der Waals surface area contributed by atoms with Gasteiger partial charge in [0.25, 0.3) is 0 Å². The molecule has 1 rings (SSSR count). The van der Waals surface area contributed by atoms with Gasteiger partial charge in [0, 0.05) is 5.75 Å². The number of hydrogen-bond acceptors (Lipinski definition) is 3. The molecule has 0 saturated carbocycles. The van der Waals surface area contributed by atoms with Crippen LogP contribution in [0.3, 0.4) is 0 Å². The molecular formula is C11H17N3S. The predicted molar refractivity (Wildman–Crippen MR) is 65.4 cm³/mol. The van der Waals surface area contributed by atoms with Gasteiger partial charge >= 0.3 is 0 Å². The molecule has 4 heteroatoms. The Morgan fingerprint density at radius 2 is 2.33 bits per heavy atom. The van der Waals surface area contributed by atoms with Gasteiger partial charge in [0.05, 0.1) is 5.03 Å². The van der Waals surface area contributed by atoms with Crippen molar-refractivity contribution >= 4 is 17.6 Å². The van der Waals surface area contributed by atoms with E-state index < -0.39 is 0 Å². The Hall–Kier alpha value is -1.03. The topological polar surface area (TPSA) is 62.8 Å². The van der Waals surface area contributed by atoms with E-state index in [1.165, 1.54) is 6.42 Å². The molecule has 1 unspecified atom stereocenters. The standard InChI is InChI=1S/C11H17N3S/c1-3-8(2)7-15-10-6-4-5-9(14-10)11(12)13/h4-6,8H,3,7H2,1-2H3,(H3,12,13). The van der Waals surface area contributed by atoms with E-state index in [-0.39, 0.29) is 5.84 Å². The summed E-state index contributed by atoms with van der Waals surface area (Å²) in [6, 6.07) is 5.61. The van der Waals surface area contributed by atoms with Crippen LogP contribution in [0.2, 0.25) is 0 Å². The van der Waals surface area contributed by atoms with Gasteiger partial charge in [0.1, 0.15) is 11.5 Å². The highest BCUT2D eigenvalue weighted by Gasteiger charge is 2.03. The number of aromatic nitrogens is 1. The zero-order valence-electron chi connectivity index (χ0n) is 9.16. The number of hydrogen-bond donors (Lipinski definition) is 2. The maximum Gasteiger partial charge on any atom is 0.141 e. The van der Waals surface area contributed by atoms with Crippen LogP contribution in [0.15, 0.2) is 23.2 Å². The molecule has 0 aliphatic heterocycles. The number of rotatable bonds is 5. The van der Waals surface area contributed by atoms with Crippen molar-refractivity contribution in [2.75, 3.05) is 5.75 Å². The SMILES string of the molecule is CCC(C)CSc1cccc(C(=N)N)n1. The number of nitrogen functional groups attached to an aromatic ring is 1. The van der Waals surface area contributed by atoms with Crippen molar-refractivity contribution in [3.05, 3.63) is 23.9 Å². The fourth-order valence-corrected chi connectivity index (χ4v) is 2.02. The summed E-state index contributed by atoms with van der Waals surface area (Å²) in [6.45, 7) is 4.41. The molecule has 1 aromatic heterocycles. The van der Waals surface area contributed by atoms with Crippen LogP contribution in [-0.2, 0) is 0 Å². The van der Waals surface area contributed by atoms with Crippen LogP contribution in [0, 0.1) is 11.3 Å². The summed E-state index contributed by atoms with van der Waals surface area (Å²) < 4.78 is 0. The zero-order valence-corrected chi connectivity index (χ0v) is 9.97. The summed E-state index contributed by atoms with van der Waals surface area (Å²) in [6.07, 6.45) is 1.18. The Balaban J connectivity index is 2.62. The molecule has 0 aliphatic carbocycles. The lowest BCUT2D eigenvalue weighted by Gasteiger charge is -2.07. The predicted octanol–water partition coefficient (Wildman–Crippen LogP) is 2.50. The van der Waals surface area contributed by atoms with Crippen molar-refractivity contribution in [1.29, 1.82) is 5.41 Å². The Morgan fingerprint density at radius 3 is 2.93 bits per heavy atom. The Bertz CT molecular complexity index is 338. The average Bonchev–Trinajstić information content (AvgIpc) is 2.26. The molecule has 82 valence electrons. The van der Waals surface area contributed by atoms with Crippen LogP contribution in [0.5, 0.6) is 0 Å². The smallest absolute Gasteiger partial charge is 0.141 e. The monoisotopic (exact) mass is 223 g/mol. The molecule has 0 radical (unpaired) electrons. The lowest BCUT2D eigenvalue weighted by molar-refractivity contribution is 0.636. The highest BCUT2D eigenvalue weighted by Crippen LogP contribution is 2.19. The summed E-state index contributed by atoms with van der Waals surface area (Å²) in [5.74, 6) is 1.78. The van der Waals surface area contributed by atoms with Gasteiger partial charge in [-0.3, -0.25) is 5.41 Å². The molecule has 1 heterocycles. The molecule has 0 amide bonds. The minimum atomic E-state index is 0.0287. The number of pyridine rings is 1. The summed E-state index contributed by atoms with van der Waals surface area (Å²) in [5.41, 5.74) is 5.94. The minimum absolute atomic E-state index is 0.0287. The quantitative estimate of drug-likeness (QED) is 0.458. The van der Waals surface area contributed by atoms with E-state index in [1.54, 1.807) is 17.8 Å². The summed E-state index contributed by atoms with van der Waals surface area (Å²) >= 11 is 1.72. The van der Waals surface area contributed by atoms with Gasteiger partial charge in [-0.05, 0) is 18.1 Å². The van der Waals surface area contributed by atoms with E-state index in [2.05, 4.69) is 18.8 Å². The molecule has 15 heavy (non-hydrogen) atoms. The van der Waals surface area contributed by atoms with Crippen LogP contribution in [-0.4, -0.2) is 16.6 Å². The van der Waals surface area contributed by atoms with Crippen molar-refractivity contribution in [2.24, 2.45) is 11.7 Å². The fraction of sp³-hybridized carbons (Fsp3) is 0.455. The molecule has 3 nitrogen and oxygen atoms in total. The van der Waals surface area contributed by atoms with E-state index in [1.807, 2.05) is 12.1 Å². The first kappa shape index (κ1) is 12.0. The Morgan fingerprint density at radius 1 is 1.60 bits per heavy atom. The number of nitrogens with zero attached hydrogens (tertiary/aromatic N) is 1. The zero-order chi connectivity index (χ0) is 11.3. The van der Waals surface area contributed by atoms with Gasteiger partial charge in [0.2, 0.25) is 0 Å². The first-order chi connectivity index (χ1) is 7.13. The van der Waals surface area contributed by atoms with Crippen molar-refractivity contribution < 1.29 is 0 Å². The van der Waals surface area contributed by atoms with E-state index in [0.29, 0.717) is 11.6 Å². The van der Waals surface area contributed by atoms with Gasteiger partial charge in [0.15, 0.2) is 0 Å². The molecular weight excluding hydrogens is 206 g/mol. The molecule has 0 fully saturated rings. The lowest BCUT2D eigenvalue weighted by Crippen LogP contribution is -2.13. The van der Waals surface area contributed by atoms with Gasteiger partial charge in [-0.25, -0.2) is 4.98 Å². The molecule has 0 spiro atoms. The van der Waals surface area contributed by atoms with Gasteiger partial charge in [-0.1, -0.05) is 26.3 Å². The van der Waals surface area contributed by atoms with Crippen molar-refractivity contribution in [2.45, 2.75) is 25.3 Å². The van der Waals surface area contributed by atoms with Crippen LogP contribution in [0.4, 0.5) is 0 Å². The second kappa shape index (κ2) is 5.75. The van der Waals surface area contributed by atoms with Crippen LogP contribution in [0.25, 0.3) is 0 Å². The second-order valence-corrected chi connectivity index (χ2v) is 4.64. The first-order valence-electron chi connectivity index (χ1n) is 5.07. The van der Waals surface area contributed by atoms with Crippen molar-refractivity contribution in [3.63, 3.8) is 0 Å². The number of nitrogens with one attached hydrogen (secondary N) is 1. The third kappa shape index (κ3) is 3.91. The van der Waals surface area contributed by atoms with E-state index in [4.69, 9.17) is 11.1 Å². The summed E-state index contributed by atoms with van der Waals surface area (Å²) in [7, 11) is 0. The number of thioether (sulfide) groups is 1. The number of amidine groups is 1. The van der Waals surface area contributed by atoms with E-state index >= 15 is 0 Å². The van der Waals surface area contributed by atoms with Crippen molar-refractivity contribution in [1.82, 2.24) is 4.98 Å². The average molecular weight is 223 g/mol. The molecule has 0 saturated heterocycles. The third-order valence-corrected chi connectivity index (χ3v) is 3.47. The van der Waals surface area contributed by atoms with Gasteiger partial charge < -0.3 is 5.73 Å². The molecule has 0 aliphatic rings.